The zero-order valence-electron chi connectivity index (χ0n) is 18.4. The van der Waals surface area contributed by atoms with Crippen LogP contribution in [0.3, 0.4) is 0 Å². The van der Waals surface area contributed by atoms with Crippen molar-refractivity contribution in [1.82, 2.24) is 14.7 Å². The van der Waals surface area contributed by atoms with Gasteiger partial charge in [0, 0.05) is 24.0 Å². The Balaban J connectivity index is 1.61. The Bertz CT molecular complexity index is 685. The van der Waals surface area contributed by atoms with Gasteiger partial charge in [0.15, 0.2) is 0 Å². The molecule has 168 valence electrons. The van der Waals surface area contributed by atoms with Crippen LogP contribution in [-0.2, 0) is 14.4 Å². The van der Waals surface area contributed by atoms with Crippen molar-refractivity contribution in [3.05, 3.63) is 0 Å². The number of hydrogen-bond donors (Lipinski definition) is 0. The first kappa shape index (κ1) is 21.9. The number of nitrogens with zero attached hydrogens (tertiary/aromatic N) is 3. The van der Waals surface area contributed by atoms with Crippen molar-refractivity contribution >= 4 is 29.3 Å². The van der Waals surface area contributed by atoms with Crippen molar-refractivity contribution in [3.63, 3.8) is 0 Å². The molecule has 7 heteroatoms. The Hall–Kier alpha value is -1.30. The van der Waals surface area contributed by atoms with Gasteiger partial charge in [-0.2, -0.15) is 0 Å². The highest BCUT2D eigenvalue weighted by molar-refractivity contribution is 6.20. The summed E-state index contributed by atoms with van der Waals surface area (Å²) in [5.41, 5.74) is -1.02. The average molecular weight is 438 g/mol. The molecular formula is C23H36ClN3O3. The third-order valence-electron chi connectivity index (χ3n) is 7.83. The number of alkyl halides is 1. The first-order valence-corrected chi connectivity index (χ1v) is 12.3. The van der Waals surface area contributed by atoms with Crippen molar-refractivity contribution in [2.24, 2.45) is 5.92 Å². The summed E-state index contributed by atoms with van der Waals surface area (Å²) in [6.07, 6.45) is 9.54. The SMILES string of the molecule is CC(C)N1CC(=O)N(CC2CCC(Cl)CC2)C2(CC(=O)N(C3CCCCC3)C2)C1=O. The van der Waals surface area contributed by atoms with E-state index in [1.54, 1.807) is 4.90 Å². The fourth-order valence-corrected chi connectivity index (χ4v) is 6.26. The summed E-state index contributed by atoms with van der Waals surface area (Å²) in [6, 6.07) is 0.169. The number of amides is 3. The van der Waals surface area contributed by atoms with E-state index in [1.807, 2.05) is 23.6 Å². The van der Waals surface area contributed by atoms with Gasteiger partial charge in [-0.1, -0.05) is 19.3 Å². The summed E-state index contributed by atoms with van der Waals surface area (Å²) >= 11 is 6.28. The maximum atomic E-state index is 13.7. The highest BCUT2D eigenvalue weighted by Crippen LogP contribution is 2.40. The van der Waals surface area contributed by atoms with Gasteiger partial charge in [-0.05, 0) is 58.3 Å². The third-order valence-corrected chi connectivity index (χ3v) is 8.27. The van der Waals surface area contributed by atoms with Crippen LogP contribution in [0.4, 0.5) is 0 Å². The van der Waals surface area contributed by atoms with Crippen molar-refractivity contribution in [2.75, 3.05) is 19.6 Å². The van der Waals surface area contributed by atoms with Gasteiger partial charge in [0.1, 0.15) is 12.1 Å². The van der Waals surface area contributed by atoms with Crippen molar-refractivity contribution in [3.8, 4) is 0 Å². The number of likely N-dealkylation sites (tertiary alicyclic amines) is 1. The molecule has 0 aromatic rings. The van der Waals surface area contributed by atoms with Gasteiger partial charge >= 0.3 is 0 Å². The van der Waals surface area contributed by atoms with Crippen LogP contribution in [0, 0.1) is 5.92 Å². The molecule has 0 aromatic carbocycles. The maximum absolute atomic E-state index is 13.7. The minimum atomic E-state index is -1.02. The lowest BCUT2D eigenvalue weighted by Gasteiger charge is -2.49. The number of carbonyl (C=O) groups is 3. The molecule has 6 nitrogen and oxygen atoms in total. The van der Waals surface area contributed by atoms with Gasteiger partial charge in [0.05, 0.1) is 13.0 Å². The van der Waals surface area contributed by atoms with Gasteiger partial charge in [-0.3, -0.25) is 14.4 Å². The first-order chi connectivity index (χ1) is 14.3. The first-order valence-electron chi connectivity index (χ1n) is 11.9. The molecule has 1 spiro atoms. The maximum Gasteiger partial charge on any atom is 0.251 e. The van der Waals surface area contributed by atoms with Gasteiger partial charge < -0.3 is 14.7 Å². The lowest BCUT2D eigenvalue weighted by atomic mass is 9.84. The minimum Gasteiger partial charge on any atom is -0.337 e. The van der Waals surface area contributed by atoms with E-state index in [9.17, 15) is 14.4 Å². The van der Waals surface area contributed by atoms with E-state index in [-0.39, 0.29) is 48.1 Å². The molecule has 0 radical (unpaired) electrons. The zero-order chi connectivity index (χ0) is 21.5. The van der Waals surface area contributed by atoms with Crippen LogP contribution in [0.1, 0.15) is 78.1 Å². The Morgan fingerprint density at radius 2 is 1.63 bits per heavy atom. The molecule has 1 unspecified atom stereocenters. The summed E-state index contributed by atoms with van der Waals surface area (Å²) in [7, 11) is 0. The summed E-state index contributed by atoms with van der Waals surface area (Å²) in [5, 5.41) is 0.222. The average Bonchev–Trinajstić information content (AvgIpc) is 3.08. The van der Waals surface area contributed by atoms with Crippen molar-refractivity contribution in [2.45, 2.75) is 101 Å². The fourth-order valence-electron chi connectivity index (χ4n) is 6.01. The summed E-state index contributed by atoms with van der Waals surface area (Å²) in [4.78, 5) is 45.7. The van der Waals surface area contributed by atoms with E-state index in [4.69, 9.17) is 11.6 Å². The van der Waals surface area contributed by atoms with Crippen molar-refractivity contribution < 1.29 is 14.4 Å². The molecule has 0 bridgehead atoms. The van der Waals surface area contributed by atoms with Gasteiger partial charge in [-0.15, -0.1) is 11.6 Å². The topological polar surface area (TPSA) is 60.9 Å². The number of piperazine rings is 1. The number of hydrogen-bond acceptors (Lipinski definition) is 3. The summed E-state index contributed by atoms with van der Waals surface area (Å²) in [6.45, 7) is 4.97. The Morgan fingerprint density at radius 1 is 0.967 bits per heavy atom. The molecular weight excluding hydrogens is 402 g/mol. The van der Waals surface area contributed by atoms with Crippen LogP contribution >= 0.6 is 11.6 Å². The molecule has 0 aromatic heterocycles. The Kier molecular flexibility index (Phi) is 6.34. The van der Waals surface area contributed by atoms with E-state index < -0.39 is 5.54 Å². The second kappa shape index (κ2) is 8.68. The lowest BCUT2D eigenvalue weighted by Crippen LogP contribution is -2.70. The second-order valence-electron chi connectivity index (χ2n) is 10.2. The van der Waals surface area contributed by atoms with Crippen LogP contribution in [0.5, 0.6) is 0 Å². The van der Waals surface area contributed by atoms with Crippen LogP contribution in [-0.4, -0.2) is 75.1 Å². The molecule has 2 heterocycles. The highest BCUT2D eigenvalue weighted by atomic mass is 35.5. The van der Waals surface area contributed by atoms with Crippen LogP contribution in [0.25, 0.3) is 0 Å². The zero-order valence-corrected chi connectivity index (χ0v) is 19.2. The lowest BCUT2D eigenvalue weighted by molar-refractivity contribution is -0.167. The van der Waals surface area contributed by atoms with Crippen LogP contribution in [0.2, 0.25) is 0 Å². The van der Waals surface area contributed by atoms with E-state index in [1.165, 1.54) is 6.42 Å². The predicted molar refractivity (Wildman–Crippen MR) is 116 cm³/mol. The summed E-state index contributed by atoms with van der Waals surface area (Å²) in [5.74, 6) is 0.366. The van der Waals surface area contributed by atoms with E-state index in [0.717, 1.165) is 51.4 Å². The van der Waals surface area contributed by atoms with Gasteiger partial charge in [0.25, 0.3) is 5.91 Å². The molecule has 2 saturated carbocycles. The standard InChI is InChI=1S/C23H36ClN3O3/c1-16(2)25-14-21(29)27(13-17-8-10-18(24)11-9-17)23(22(25)30)12-20(28)26(15-23)19-6-4-3-5-7-19/h16-19H,3-15H2,1-2H3. The highest BCUT2D eigenvalue weighted by Gasteiger charge is 2.60. The summed E-state index contributed by atoms with van der Waals surface area (Å²) < 4.78 is 0. The fraction of sp³-hybridized carbons (Fsp3) is 0.870. The molecule has 0 N–H and O–H groups in total. The Morgan fingerprint density at radius 3 is 2.27 bits per heavy atom. The van der Waals surface area contributed by atoms with Gasteiger partial charge in [-0.25, -0.2) is 0 Å². The molecule has 2 saturated heterocycles. The largest absolute Gasteiger partial charge is 0.337 e. The molecule has 4 rings (SSSR count). The third kappa shape index (κ3) is 3.96. The monoisotopic (exact) mass is 437 g/mol. The molecule has 2 aliphatic heterocycles. The molecule has 4 fully saturated rings. The number of carbonyl (C=O) groups excluding carboxylic acids is 3. The quantitative estimate of drug-likeness (QED) is 0.634. The van der Waals surface area contributed by atoms with Crippen LogP contribution in [0.15, 0.2) is 0 Å². The minimum absolute atomic E-state index is 0.00501. The Labute approximate surface area is 185 Å². The van der Waals surface area contributed by atoms with Crippen LogP contribution < -0.4 is 0 Å². The number of rotatable bonds is 4. The predicted octanol–water partition coefficient (Wildman–Crippen LogP) is 3.17. The van der Waals surface area contributed by atoms with Gasteiger partial charge in [0.2, 0.25) is 11.8 Å². The molecule has 1 atom stereocenters. The molecule has 30 heavy (non-hydrogen) atoms. The van der Waals surface area contributed by atoms with Crippen molar-refractivity contribution in [1.29, 1.82) is 0 Å². The smallest absolute Gasteiger partial charge is 0.251 e. The molecule has 4 aliphatic rings. The molecule has 2 aliphatic carbocycles. The second-order valence-corrected chi connectivity index (χ2v) is 10.8. The van der Waals surface area contributed by atoms with E-state index in [2.05, 4.69) is 0 Å². The van der Waals surface area contributed by atoms with E-state index in [0.29, 0.717) is 19.0 Å². The normalized spacial score (nSPS) is 34.0. The number of halogens is 1. The van der Waals surface area contributed by atoms with E-state index >= 15 is 0 Å². The molecule has 3 amide bonds.